The summed E-state index contributed by atoms with van der Waals surface area (Å²) in [5, 5.41) is 8.23. The van der Waals surface area contributed by atoms with E-state index in [0.29, 0.717) is 5.02 Å². The van der Waals surface area contributed by atoms with Gasteiger partial charge in [-0.3, -0.25) is 9.69 Å². The Labute approximate surface area is 146 Å². The number of nitrogens with one attached hydrogen (secondary N) is 1. The number of carbonyl (C=O) groups excluding carboxylic acids is 1. The first-order chi connectivity index (χ1) is 11.7. The third-order valence-electron chi connectivity index (χ3n) is 5.23. The Morgan fingerprint density at radius 1 is 1.21 bits per heavy atom. The van der Waals surface area contributed by atoms with Gasteiger partial charge in [0.1, 0.15) is 5.54 Å². The smallest absolute Gasteiger partial charge is 0.240 e. The number of aromatic nitrogens is 2. The average Bonchev–Trinajstić information content (AvgIpc) is 3.23. The van der Waals surface area contributed by atoms with Crippen LogP contribution in [-0.2, 0) is 11.3 Å². The minimum absolute atomic E-state index is 0.205. The summed E-state index contributed by atoms with van der Waals surface area (Å²) >= 11 is 5.94. The van der Waals surface area contributed by atoms with Crippen LogP contribution in [0.15, 0.2) is 36.7 Å². The first-order valence-electron chi connectivity index (χ1n) is 8.50. The maximum atomic E-state index is 12.5. The first kappa shape index (κ1) is 15.7. The Bertz CT molecular complexity index is 734. The van der Waals surface area contributed by atoms with Gasteiger partial charge in [-0.2, -0.15) is 5.10 Å². The maximum Gasteiger partial charge on any atom is 0.240 e. The fraction of sp³-hybridized carbons (Fsp3) is 0.444. The number of hydrogen-bond donors (Lipinski definition) is 1. The van der Waals surface area contributed by atoms with Crippen LogP contribution in [0.3, 0.4) is 0 Å². The average molecular weight is 345 g/mol. The predicted molar refractivity (Wildman–Crippen MR) is 93.2 cm³/mol. The fourth-order valence-electron chi connectivity index (χ4n) is 3.96. The third kappa shape index (κ3) is 2.72. The monoisotopic (exact) mass is 344 g/mol. The van der Waals surface area contributed by atoms with Gasteiger partial charge < -0.3 is 5.32 Å². The highest BCUT2D eigenvalue weighted by Gasteiger charge is 2.47. The lowest BCUT2D eigenvalue weighted by Gasteiger charge is -2.43. The molecule has 6 heteroatoms. The van der Waals surface area contributed by atoms with Crippen LogP contribution in [0.5, 0.6) is 0 Å². The van der Waals surface area contributed by atoms with E-state index in [2.05, 4.69) is 15.3 Å². The minimum atomic E-state index is -0.305. The number of benzene rings is 1. The molecule has 0 atom stereocenters. The van der Waals surface area contributed by atoms with Gasteiger partial charge in [-0.05, 0) is 37.1 Å². The molecule has 1 N–H and O–H groups in total. The van der Waals surface area contributed by atoms with Gasteiger partial charge in [0.25, 0.3) is 0 Å². The van der Waals surface area contributed by atoms with E-state index < -0.39 is 0 Å². The molecule has 4 rings (SSSR count). The molecule has 1 spiro atoms. The highest BCUT2D eigenvalue weighted by molar-refractivity contribution is 6.30. The molecule has 24 heavy (non-hydrogen) atoms. The van der Waals surface area contributed by atoms with Crippen LogP contribution < -0.4 is 5.32 Å². The standard InChI is InChI=1S/C18H21ClN4O/c19-15-3-5-16(6-4-15)23-13-14(11-21-23)12-22-10-9-20-17(24)18(22)7-1-2-8-18/h3-6,11,13H,1-2,7-10,12H2,(H,20,24). The molecule has 1 aromatic carbocycles. The minimum Gasteiger partial charge on any atom is -0.353 e. The molecule has 1 aliphatic carbocycles. The van der Waals surface area contributed by atoms with Crippen LogP contribution in [0.25, 0.3) is 5.69 Å². The van der Waals surface area contributed by atoms with Gasteiger partial charge in [-0.15, -0.1) is 0 Å². The van der Waals surface area contributed by atoms with Crippen molar-refractivity contribution < 1.29 is 4.79 Å². The van der Waals surface area contributed by atoms with Crippen LogP contribution in [0.1, 0.15) is 31.2 Å². The van der Waals surface area contributed by atoms with Crippen molar-refractivity contribution in [2.75, 3.05) is 13.1 Å². The fourth-order valence-corrected chi connectivity index (χ4v) is 4.08. The number of amides is 1. The molecular weight excluding hydrogens is 324 g/mol. The summed E-state index contributed by atoms with van der Waals surface area (Å²) in [7, 11) is 0. The lowest BCUT2D eigenvalue weighted by atomic mass is 9.91. The van der Waals surface area contributed by atoms with E-state index >= 15 is 0 Å². The van der Waals surface area contributed by atoms with E-state index in [1.807, 2.05) is 41.3 Å². The van der Waals surface area contributed by atoms with Gasteiger partial charge in [0.2, 0.25) is 5.91 Å². The number of piperazine rings is 1. The van der Waals surface area contributed by atoms with E-state index in [-0.39, 0.29) is 11.4 Å². The largest absolute Gasteiger partial charge is 0.353 e. The Hall–Kier alpha value is -1.85. The number of hydrogen-bond acceptors (Lipinski definition) is 3. The van der Waals surface area contributed by atoms with Crippen molar-refractivity contribution in [3.8, 4) is 5.69 Å². The summed E-state index contributed by atoms with van der Waals surface area (Å²) in [4.78, 5) is 14.8. The highest BCUT2D eigenvalue weighted by atomic mass is 35.5. The summed E-state index contributed by atoms with van der Waals surface area (Å²) in [6, 6.07) is 7.62. The van der Waals surface area contributed by atoms with Crippen molar-refractivity contribution in [1.29, 1.82) is 0 Å². The molecule has 5 nitrogen and oxygen atoms in total. The van der Waals surface area contributed by atoms with Crippen molar-refractivity contribution in [1.82, 2.24) is 20.0 Å². The van der Waals surface area contributed by atoms with Crippen LogP contribution >= 0.6 is 11.6 Å². The lowest BCUT2D eigenvalue weighted by Crippen LogP contribution is -2.63. The number of carbonyl (C=O) groups is 1. The van der Waals surface area contributed by atoms with Crippen molar-refractivity contribution >= 4 is 17.5 Å². The molecule has 1 amide bonds. The van der Waals surface area contributed by atoms with Crippen LogP contribution in [0, 0.1) is 0 Å². The van der Waals surface area contributed by atoms with Gasteiger partial charge in [-0.1, -0.05) is 24.4 Å². The van der Waals surface area contributed by atoms with E-state index in [1.54, 1.807) is 0 Å². The number of rotatable bonds is 3. The topological polar surface area (TPSA) is 50.2 Å². The second-order valence-corrected chi connectivity index (χ2v) is 7.12. The third-order valence-corrected chi connectivity index (χ3v) is 5.48. The summed E-state index contributed by atoms with van der Waals surface area (Å²) in [5.41, 5.74) is 1.81. The zero-order valence-corrected chi connectivity index (χ0v) is 14.3. The van der Waals surface area contributed by atoms with Crippen LogP contribution in [0.2, 0.25) is 5.02 Å². The van der Waals surface area contributed by atoms with Crippen molar-refractivity contribution in [3.05, 3.63) is 47.2 Å². The molecule has 0 unspecified atom stereocenters. The van der Waals surface area contributed by atoms with E-state index in [0.717, 1.165) is 56.6 Å². The summed E-state index contributed by atoms with van der Waals surface area (Å²) in [6.07, 6.45) is 8.12. The summed E-state index contributed by atoms with van der Waals surface area (Å²) in [6.45, 7) is 2.39. The second kappa shape index (κ2) is 6.22. The Kier molecular flexibility index (Phi) is 4.06. The molecular formula is C18H21ClN4O. The zero-order valence-electron chi connectivity index (χ0n) is 13.5. The molecule has 2 fully saturated rings. The SMILES string of the molecule is O=C1NCCN(Cc2cnn(-c3ccc(Cl)cc3)c2)C12CCCC2. The van der Waals surface area contributed by atoms with Crippen LogP contribution in [-0.4, -0.2) is 39.2 Å². The predicted octanol–water partition coefficient (Wildman–Crippen LogP) is 2.77. The highest BCUT2D eigenvalue weighted by Crippen LogP contribution is 2.37. The quantitative estimate of drug-likeness (QED) is 0.931. The molecule has 2 heterocycles. The van der Waals surface area contributed by atoms with Crippen molar-refractivity contribution in [3.63, 3.8) is 0 Å². The van der Waals surface area contributed by atoms with Crippen LogP contribution in [0.4, 0.5) is 0 Å². The molecule has 2 aliphatic rings. The zero-order chi connectivity index (χ0) is 16.6. The molecule has 1 aromatic heterocycles. The Morgan fingerprint density at radius 3 is 2.71 bits per heavy atom. The molecule has 0 bridgehead atoms. The Morgan fingerprint density at radius 2 is 1.96 bits per heavy atom. The van der Waals surface area contributed by atoms with Gasteiger partial charge in [0.05, 0.1) is 11.9 Å². The van der Waals surface area contributed by atoms with Gasteiger partial charge >= 0.3 is 0 Å². The van der Waals surface area contributed by atoms with Gasteiger partial charge in [-0.25, -0.2) is 4.68 Å². The summed E-state index contributed by atoms with van der Waals surface area (Å²) < 4.78 is 1.86. The lowest BCUT2D eigenvalue weighted by molar-refractivity contribution is -0.137. The van der Waals surface area contributed by atoms with E-state index in [9.17, 15) is 4.79 Å². The normalized spacial score (nSPS) is 20.5. The second-order valence-electron chi connectivity index (χ2n) is 6.69. The van der Waals surface area contributed by atoms with E-state index in [1.165, 1.54) is 0 Å². The Balaban J connectivity index is 1.54. The molecule has 126 valence electrons. The maximum absolute atomic E-state index is 12.5. The van der Waals surface area contributed by atoms with Gasteiger partial charge in [0.15, 0.2) is 0 Å². The number of halogens is 1. The van der Waals surface area contributed by atoms with Crippen molar-refractivity contribution in [2.45, 2.75) is 37.8 Å². The summed E-state index contributed by atoms with van der Waals surface area (Å²) in [5.74, 6) is 0.205. The molecule has 1 aliphatic heterocycles. The van der Waals surface area contributed by atoms with Crippen molar-refractivity contribution in [2.24, 2.45) is 0 Å². The molecule has 0 radical (unpaired) electrons. The number of nitrogens with zero attached hydrogens (tertiary/aromatic N) is 3. The first-order valence-corrected chi connectivity index (χ1v) is 8.88. The van der Waals surface area contributed by atoms with Gasteiger partial charge in [0, 0.05) is 36.4 Å². The molecule has 1 saturated heterocycles. The van der Waals surface area contributed by atoms with E-state index in [4.69, 9.17) is 11.6 Å². The molecule has 1 saturated carbocycles. The molecule has 2 aromatic rings.